The van der Waals surface area contributed by atoms with Crippen LogP contribution in [0.1, 0.15) is 26.2 Å². The Hall–Kier alpha value is -1.33. The number of aryl methyl sites for hydroxylation is 1. The zero-order valence-electron chi connectivity index (χ0n) is 11.8. The molecule has 0 saturated carbocycles. The lowest BCUT2D eigenvalue weighted by atomic mass is 10.1. The van der Waals surface area contributed by atoms with Gasteiger partial charge in [-0.3, -0.25) is 4.79 Å². The van der Waals surface area contributed by atoms with Gasteiger partial charge in [-0.25, -0.2) is 4.68 Å². The Morgan fingerprint density at radius 1 is 1.55 bits per heavy atom. The highest BCUT2D eigenvalue weighted by molar-refractivity contribution is 6.32. The second-order valence-electron chi connectivity index (χ2n) is 4.92. The van der Waals surface area contributed by atoms with Crippen LogP contribution in [0.4, 0.5) is 5.69 Å². The van der Waals surface area contributed by atoms with Crippen molar-refractivity contribution in [1.82, 2.24) is 15.1 Å². The highest BCUT2D eigenvalue weighted by Crippen LogP contribution is 2.16. The van der Waals surface area contributed by atoms with Gasteiger partial charge in [-0.05, 0) is 19.4 Å². The predicted molar refractivity (Wildman–Crippen MR) is 82.5 cm³/mol. The molecule has 0 amide bonds. The first kappa shape index (κ1) is 15.1. The van der Waals surface area contributed by atoms with E-state index in [-0.39, 0.29) is 10.6 Å². The van der Waals surface area contributed by atoms with E-state index in [1.165, 1.54) is 10.3 Å². The van der Waals surface area contributed by atoms with Crippen LogP contribution >= 0.6 is 11.6 Å². The molecule has 1 aromatic heterocycles. The molecule has 6 heteroatoms. The Kier molecular flexibility index (Phi) is 5.61. The summed E-state index contributed by atoms with van der Waals surface area (Å²) in [6.45, 7) is 5.31. The van der Waals surface area contributed by atoms with Gasteiger partial charge < -0.3 is 10.6 Å². The summed E-state index contributed by atoms with van der Waals surface area (Å²) in [6.07, 6.45) is 6.77. The van der Waals surface area contributed by atoms with Crippen LogP contribution in [0.15, 0.2) is 22.6 Å². The molecule has 0 fully saturated rings. The molecule has 1 aliphatic heterocycles. The molecule has 0 aromatic carbocycles. The van der Waals surface area contributed by atoms with Gasteiger partial charge in [0.25, 0.3) is 5.56 Å². The van der Waals surface area contributed by atoms with Crippen LogP contribution in [0.3, 0.4) is 0 Å². The first-order chi connectivity index (χ1) is 9.72. The monoisotopic (exact) mass is 296 g/mol. The van der Waals surface area contributed by atoms with Crippen LogP contribution in [0.25, 0.3) is 0 Å². The Bertz CT molecular complexity index is 538. The van der Waals surface area contributed by atoms with E-state index < -0.39 is 0 Å². The van der Waals surface area contributed by atoms with Gasteiger partial charge in [0, 0.05) is 19.6 Å². The summed E-state index contributed by atoms with van der Waals surface area (Å²) in [5.41, 5.74) is 1.73. The number of hydrogen-bond donors (Lipinski definition) is 2. The van der Waals surface area contributed by atoms with Crippen LogP contribution in [0, 0.1) is 0 Å². The molecule has 2 N–H and O–H groups in total. The zero-order chi connectivity index (χ0) is 14.4. The van der Waals surface area contributed by atoms with E-state index in [0.29, 0.717) is 18.8 Å². The van der Waals surface area contributed by atoms with Gasteiger partial charge >= 0.3 is 0 Å². The minimum Gasteiger partial charge on any atom is -0.379 e. The normalized spacial score (nSPS) is 15.0. The molecular weight excluding hydrogens is 276 g/mol. The summed E-state index contributed by atoms with van der Waals surface area (Å²) in [5.74, 6) is 0. The van der Waals surface area contributed by atoms with Gasteiger partial charge in [0.2, 0.25) is 0 Å². The van der Waals surface area contributed by atoms with Crippen molar-refractivity contribution in [3.8, 4) is 0 Å². The van der Waals surface area contributed by atoms with Crippen molar-refractivity contribution in [3.63, 3.8) is 0 Å². The third-order valence-corrected chi connectivity index (χ3v) is 3.74. The summed E-state index contributed by atoms with van der Waals surface area (Å²) in [6, 6.07) is 0. The molecule has 2 heterocycles. The number of halogens is 1. The molecule has 1 aliphatic rings. The van der Waals surface area contributed by atoms with Gasteiger partial charge in [-0.2, -0.15) is 5.10 Å². The molecule has 0 saturated heterocycles. The number of aromatic nitrogens is 2. The molecule has 0 aliphatic carbocycles. The molecular formula is C14H21ClN4O. The first-order valence-electron chi connectivity index (χ1n) is 7.10. The highest BCUT2D eigenvalue weighted by Gasteiger charge is 2.10. The Morgan fingerprint density at radius 3 is 3.10 bits per heavy atom. The van der Waals surface area contributed by atoms with E-state index >= 15 is 0 Å². The van der Waals surface area contributed by atoms with Crippen molar-refractivity contribution < 1.29 is 0 Å². The van der Waals surface area contributed by atoms with E-state index in [4.69, 9.17) is 11.6 Å². The van der Waals surface area contributed by atoms with E-state index in [0.717, 1.165) is 32.4 Å². The Labute approximate surface area is 124 Å². The van der Waals surface area contributed by atoms with E-state index in [1.807, 2.05) is 0 Å². The van der Waals surface area contributed by atoms with Gasteiger partial charge in [-0.1, -0.05) is 36.6 Å². The van der Waals surface area contributed by atoms with Crippen LogP contribution in [-0.4, -0.2) is 29.4 Å². The molecule has 20 heavy (non-hydrogen) atoms. The maximum Gasteiger partial charge on any atom is 0.287 e. The highest BCUT2D eigenvalue weighted by atomic mass is 35.5. The summed E-state index contributed by atoms with van der Waals surface area (Å²) in [4.78, 5) is 12.1. The van der Waals surface area contributed by atoms with Gasteiger partial charge in [-0.15, -0.1) is 0 Å². The summed E-state index contributed by atoms with van der Waals surface area (Å²) in [7, 11) is 0. The second kappa shape index (κ2) is 7.45. The SMILES string of the molecule is CCCCn1ncc(NCC2=CCNCC2)c(Cl)c1=O. The molecule has 1 aromatic rings. The Morgan fingerprint density at radius 2 is 2.40 bits per heavy atom. The number of nitrogens with zero attached hydrogens (tertiary/aromatic N) is 2. The fourth-order valence-electron chi connectivity index (χ4n) is 2.09. The van der Waals surface area contributed by atoms with Gasteiger partial charge in [0.1, 0.15) is 5.02 Å². The molecule has 110 valence electrons. The number of unbranched alkanes of at least 4 members (excludes halogenated alkanes) is 1. The lowest BCUT2D eigenvalue weighted by Crippen LogP contribution is -2.26. The third-order valence-electron chi connectivity index (χ3n) is 3.37. The summed E-state index contributed by atoms with van der Waals surface area (Å²) >= 11 is 6.13. The lowest BCUT2D eigenvalue weighted by molar-refractivity contribution is 0.543. The fourth-order valence-corrected chi connectivity index (χ4v) is 2.31. The molecule has 2 rings (SSSR count). The molecule has 0 unspecified atom stereocenters. The number of rotatable bonds is 6. The standard InChI is InChI=1S/C14H21ClN4O/c1-2-3-8-19-14(20)13(15)12(10-18-19)17-9-11-4-6-16-7-5-11/h4,10,16-17H,2-3,5-9H2,1H3. The molecule has 0 atom stereocenters. The number of hydrogen-bond acceptors (Lipinski definition) is 4. The lowest BCUT2D eigenvalue weighted by Gasteiger charge is -2.16. The largest absolute Gasteiger partial charge is 0.379 e. The minimum absolute atomic E-state index is 0.218. The van der Waals surface area contributed by atoms with Crippen LogP contribution in [0.2, 0.25) is 5.02 Å². The Balaban J connectivity index is 2.03. The number of anilines is 1. The topological polar surface area (TPSA) is 59.0 Å². The third kappa shape index (κ3) is 3.84. The molecule has 0 bridgehead atoms. The minimum atomic E-state index is -0.218. The first-order valence-corrected chi connectivity index (χ1v) is 7.48. The van der Waals surface area contributed by atoms with Crippen molar-refractivity contribution in [2.45, 2.75) is 32.7 Å². The maximum atomic E-state index is 12.1. The van der Waals surface area contributed by atoms with Crippen molar-refractivity contribution in [1.29, 1.82) is 0 Å². The average Bonchev–Trinajstić information content (AvgIpc) is 2.49. The average molecular weight is 297 g/mol. The fraction of sp³-hybridized carbons (Fsp3) is 0.571. The van der Waals surface area contributed by atoms with Crippen LogP contribution in [0.5, 0.6) is 0 Å². The maximum absolute atomic E-state index is 12.1. The zero-order valence-corrected chi connectivity index (χ0v) is 12.5. The summed E-state index contributed by atoms with van der Waals surface area (Å²) < 4.78 is 1.43. The number of nitrogens with one attached hydrogen (secondary N) is 2. The molecule has 0 spiro atoms. The summed E-state index contributed by atoms with van der Waals surface area (Å²) in [5, 5.41) is 10.9. The van der Waals surface area contributed by atoms with E-state index in [1.54, 1.807) is 6.20 Å². The molecule has 5 nitrogen and oxygen atoms in total. The van der Waals surface area contributed by atoms with E-state index in [2.05, 4.69) is 28.7 Å². The van der Waals surface area contributed by atoms with Crippen molar-refractivity contribution in [2.24, 2.45) is 0 Å². The van der Waals surface area contributed by atoms with Gasteiger partial charge in [0.05, 0.1) is 11.9 Å². The van der Waals surface area contributed by atoms with Crippen molar-refractivity contribution >= 4 is 17.3 Å². The second-order valence-corrected chi connectivity index (χ2v) is 5.30. The van der Waals surface area contributed by atoms with Crippen molar-refractivity contribution in [3.05, 3.63) is 33.2 Å². The quantitative estimate of drug-likeness (QED) is 0.789. The van der Waals surface area contributed by atoms with Gasteiger partial charge in [0.15, 0.2) is 0 Å². The van der Waals surface area contributed by atoms with E-state index in [9.17, 15) is 4.79 Å². The molecule has 0 radical (unpaired) electrons. The smallest absolute Gasteiger partial charge is 0.287 e. The van der Waals surface area contributed by atoms with Crippen LogP contribution < -0.4 is 16.2 Å². The van der Waals surface area contributed by atoms with Crippen LogP contribution in [-0.2, 0) is 6.54 Å². The predicted octanol–water partition coefficient (Wildman–Crippen LogP) is 2.03. The van der Waals surface area contributed by atoms with Crippen molar-refractivity contribution in [2.75, 3.05) is 25.0 Å².